The molecule has 0 bridgehead atoms. The van der Waals surface area contributed by atoms with Crippen LogP contribution in [-0.2, 0) is 12.8 Å². The topological polar surface area (TPSA) is 12.0 Å². The minimum absolute atomic E-state index is 0.629. The Morgan fingerprint density at radius 3 is 2.76 bits per heavy atom. The molecule has 0 spiro atoms. The number of hydrogen-bond donors (Lipinski definition) is 1. The molecule has 1 aliphatic heterocycles. The monoisotopic (exact) mass is 277 g/mol. The normalized spacial score (nSPS) is 20.7. The molecule has 1 heteroatoms. The molecule has 1 N–H and O–H groups in total. The summed E-state index contributed by atoms with van der Waals surface area (Å²) in [5.41, 5.74) is 5.90. The molecule has 1 atom stereocenters. The Balaban J connectivity index is 1.38. The van der Waals surface area contributed by atoms with Crippen molar-refractivity contribution in [3.05, 3.63) is 65.2 Å². The third kappa shape index (κ3) is 2.97. The largest absolute Gasteiger partial charge is 0.382 e. The van der Waals surface area contributed by atoms with Gasteiger partial charge >= 0.3 is 0 Å². The number of fused-ring (bicyclic) bond motifs is 1. The highest BCUT2D eigenvalue weighted by atomic mass is 14.9. The third-order valence-corrected chi connectivity index (χ3v) is 4.92. The summed E-state index contributed by atoms with van der Waals surface area (Å²) < 4.78 is 0. The van der Waals surface area contributed by atoms with Gasteiger partial charge in [0, 0.05) is 11.7 Å². The van der Waals surface area contributed by atoms with Crippen LogP contribution < -0.4 is 5.32 Å². The molecule has 2 aliphatic rings. The van der Waals surface area contributed by atoms with Crippen LogP contribution in [0.2, 0.25) is 0 Å². The molecule has 1 saturated carbocycles. The number of hydrogen-bond acceptors (Lipinski definition) is 1. The zero-order chi connectivity index (χ0) is 14.1. The van der Waals surface area contributed by atoms with Crippen molar-refractivity contribution in [2.45, 2.75) is 50.5 Å². The Morgan fingerprint density at radius 2 is 1.86 bits per heavy atom. The Morgan fingerprint density at radius 1 is 0.952 bits per heavy atom. The molecule has 0 saturated heterocycles. The standard InChI is InChI=1S/C20H23N/c1-2-7-20-17(5-1)11-13-19(21-20)12-8-15-4-3-6-18(14-15)16-9-10-16/h1-7,14,16,19,21H,8-13H2. The molecule has 0 radical (unpaired) electrons. The van der Waals surface area contributed by atoms with Crippen LogP contribution in [0.4, 0.5) is 5.69 Å². The molecule has 0 amide bonds. The second-order valence-corrected chi connectivity index (χ2v) is 6.60. The van der Waals surface area contributed by atoms with Gasteiger partial charge in [0.2, 0.25) is 0 Å². The molecule has 0 aromatic heterocycles. The highest BCUT2D eigenvalue weighted by molar-refractivity contribution is 5.53. The zero-order valence-electron chi connectivity index (χ0n) is 12.5. The van der Waals surface area contributed by atoms with Gasteiger partial charge in [0.05, 0.1) is 0 Å². The molecule has 21 heavy (non-hydrogen) atoms. The van der Waals surface area contributed by atoms with Crippen LogP contribution in [0.1, 0.15) is 48.3 Å². The van der Waals surface area contributed by atoms with Crippen LogP contribution >= 0.6 is 0 Å². The molecular formula is C20H23N. The SMILES string of the molecule is c1cc(CCC2CCc3ccccc3N2)cc(C2CC2)c1. The summed E-state index contributed by atoms with van der Waals surface area (Å²) >= 11 is 0. The van der Waals surface area contributed by atoms with Gasteiger partial charge in [0.1, 0.15) is 0 Å². The lowest BCUT2D eigenvalue weighted by molar-refractivity contribution is 0.586. The highest BCUT2D eigenvalue weighted by Crippen LogP contribution is 2.40. The van der Waals surface area contributed by atoms with Gasteiger partial charge in [-0.05, 0) is 67.2 Å². The van der Waals surface area contributed by atoms with Crippen molar-refractivity contribution < 1.29 is 0 Å². The zero-order valence-corrected chi connectivity index (χ0v) is 12.5. The number of anilines is 1. The summed E-state index contributed by atoms with van der Waals surface area (Å²) in [6, 6.07) is 18.6. The second-order valence-electron chi connectivity index (χ2n) is 6.60. The summed E-state index contributed by atoms with van der Waals surface area (Å²) in [6.45, 7) is 0. The quantitative estimate of drug-likeness (QED) is 0.836. The molecule has 1 aliphatic carbocycles. The second kappa shape index (κ2) is 5.55. The minimum atomic E-state index is 0.629. The van der Waals surface area contributed by atoms with Crippen molar-refractivity contribution in [2.75, 3.05) is 5.32 Å². The van der Waals surface area contributed by atoms with Gasteiger partial charge in [-0.3, -0.25) is 0 Å². The average Bonchev–Trinajstić information content (AvgIpc) is 3.38. The van der Waals surface area contributed by atoms with E-state index < -0.39 is 0 Å². The van der Waals surface area contributed by atoms with Gasteiger partial charge in [-0.15, -0.1) is 0 Å². The minimum Gasteiger partial charge on any atom is -0.382 e. The first-order chi connectivity index (χ1) is 10.4. The van der Waals surface area contributed by atoms with E-state index >= 15 is 0 Å². The first-order valence-corrected chi connectivity index (χ1v) is 8.32. The molecule has 2 aromatic carbocycles. The third-order valence-electron chi connectivity index (χ3n) is 4.92. The van der Waals surface area contributed by atoms with E-state index in [9.17, 15) is 0 Å². The summed E-state index contributed by atoms with van der Waals surface area (Å²) in [5, 5.41) is 3.72. The fraction of sp³-hybridized carbons (Fsp3) is 0.400. The van der Waals surface area contributed by atoms with Gasteiger partial charge in [-0.2, -0.15) is 0 Å². The summed E-state index contributed by atoms with van der Waals surface area (Å²) in [7, 11) is 0. The van der Waals surface area contributed by atoms with E-state index in [2.05, 4.69) is 53.8 Å². The molecular weight excluding hydrogens is 254 g/mol. The molecule has 1 fully saturated rings. The first kappa shape index (κ1) is 12.9. The Bertz CT molecular complexity index is 627. The number of nitrogens with one attached hydrogen (secondary N) is 1. The van der Waals surface area contributed by atoms with Gasteiger partial charge < -0.3 is 5.32 Å². The molecule has 1 unspecified atom stereocenters. The number of rotatable bonds is 4. The lowest BCUT2D eigenvalue weighted by Gasteiger charge is -2.27. The fourth-order valence-corrected chi connectivity index (χ4v) is 3.48. The van der Waals surface area contributed by atoms with Crippen LogP contribution in [-0.4, -0.2) is 6.04 Å². The van der Waals surface area contributed by atoms with Gasteiger partial charge in [0.15, 0.2) is 0 Å². The van der Waals surface area contributed by atoms with Crippen LogP contribution in [0, 0.1) is 0 Å². The van der Waals surface area contributed by atoms with Crippen LogP contribution in [0.5, 0.6) is 0 Å². The molecule has 1 heterocycles. The number of para-hydroxylation sites is 1. The fourth-order valence-electron chi connectivity index (χ4n) is 3.48. The van der Waals surface area contributed by atoms with Gasteiger partial charge in [-0.25, -0.2) is 0 Å². The number of aryl methyl sites for hydroxylation is 2. The van der Waals surface area contributed by atoms with Crippen LogP contribution in [0.3, 0.4) is 0 Å². The lowest BCUT2D eigenvalue weighted by atomic mass is 9.93. The molecule has 2 aromatic rings. The predicted octanol–water partition coefficient (Wildman–Crippen LogP) is 4.92. The lowest BCUT2D eigenvalue weighted by Crippen LogP contribution is -2.25. The van der Waals surface area contributed by atoms with E-state index in [1.165, 1.54) is 55.3 Å². The smallest absolute Gasteiger partial charge is 0.0374 e. The van der Waals surface area contributed by atoms with E-state index in [0.717, 1.165) is 5.92 Å². The van der Waals surface area contributed by atoms with Crippen molar-refractivity contribution in [3.8, 4) is 0 Å². The van der Waals surface area contributed by atoms with Crippen molar-refractivity contribution in [2.24, 2.45) is 0 Å². The van der Waals surface area contributed by atoms with Crippen molar-refractivity contribution >= 4 is 5.69 Å². The number of benzene rings is 2. The maximum absolute atomic E-state index is 3.72. The van der Waals surface area contributed by atoms with Crippen molar-refractivity contribution in [1.29, 1.82) is 0 Å². The van der Waals surface area contributed by atoms with E-state index in [1.807, 2.05) is 0 Å². The Hall–Kier alpha value is -1.76. The van der Waals surface area contributed by atoms with Crippen LogP contribution in [0.25, 0.3) is 0 Å². The van der Waals surface area contributed by atoms with E-state index in [0.29, 0.717) is 6.04 Å². The highest BCUT2D eigenvalue weighted by Gasteiger charge is 2.23. The van der Waals surface area contributed by atoms with Gasteiger partial charge in [0.25, 0.3) is 0 Å². The van der Waals surface area contributed by atoms with E-state index in [-0.39, 0.29) is 0 Å². The predicted molar refractivity (Wildman–Crippen MR) is 88.9 cm³/mol. The first-order valence-electron chi connectivity index (χ1n) is 8.32. The maximum atomic E-state index is 3.72. The van der Waals surface area contributed by atoms with Crippen molar-refractivity contribution in [3.63, 3.8) is 0 Å². The van der Waals surface area contributed by atoms with Crippen LogP contribution in [0.15, 0.2) is 48.5 Å². The Kier molecular flexibility index (Phi) is 3.42. The van der Waals surface area contributed by atoms with Gasteiger partial charge in [-0.1, -0.05) is 42.5 Å². The molecule has 4 rings (SSSR count). The summed E-state index contributed by atoms with van der Waals surface area (Å²) in [4.78, 5) is 0. The Labute approximate surface area is 127 Å². The molecule has 108 valence electrons. The summed E-state index contributed by atoms with van der Waals surface area (Å²) in [6.07, 6.45) is 7.70. The maximum Gasteiger partial charge on any atom is 0.0374 e. The van der Waals surface area contributed by atoms with Crippen molar-refractivity contribution in [1.82, 2.24) is 0 Å². The van der Waals surface area contributed by atoms with E-state index in [1.54, 1.807) is 5.56 Å². The average molecular weight is 277 g/mol. The van der Waals surface area contributed by atoms with E-state index in [4.69, 9.17) is 0 Å². The molecule has 1 nitrogen and oxygen atoms in total. The summed E-state index contributed by atoms with van der Waals surface area (Å²) in [5.74, 6) is 0.865.